The molecule has 0 fully saturated rings. The topological polar surface area (TPSA) is 42.9 Å². The van der Waals surface area contributed by atoms with Crippen LogP contribution in [0.5, 0.6) is 0 Å². The zero-order valence-corrected chi connectivity index (χ0v) is 8.93. The fraction of sp³-hybridized carbons (Fsp3) is 0. The van der Waals surface area contributed by atoms with Gasteiger partial charge in [-0.1, -0.05) is 6.58 Å². The van der Waals surface area contributed by atoms with Crippen LogP contribution in [0.1, 0.15) is 15.9 Å². The van der Waals surface area contributed by atoms with Crippen molar-refractivity contribution in [2.45, 2.75) is 0 Å². The molecule has 0 saturated heterocycles. The molecule has 2 rings (SSSR count). The lowest BCUT2D eigenvalue weighted by atomic mass is 10.0. The van der Waals surface area contributed by atoms with Crippen LogP contribution in [0.15, 0.2) is 49.6 Å². The molecule has 0 aliphatic heterocycles. The largest absolute Gasteiger partial charge is 0.289 e. The average molecular weight is 228 g/mol. The maximum Gasteiger partial charge on any atom is 0.193 e. The van der Waals surface area contributed by atoms with Gasteiger partial charge in [0, 0.05) is 29.1 Å². The zero-order valence-electron chi connectivity index (χ0n) is 8.93. The van der Waals surface area contributed by atoms with Crippen molar-refractivity contribution < 1.29 is 9.18 Å². The lowest BCUT2D eigenvalue weighted by molar-refractivity contribution is 0.105. The third-order valence-electron chi connectivity index (χ3n) is 2.29. The van der Waals surface area contributed by atoms with Crippen LogP contribution in [0.2, 0.25) is 0 Å². The molecule has 0 spiro atoms. The van der Waals surface area contributed by atoms with Gasteiger partial charge in [-0.25, -0.2) is 14.4 Å². The van der Waals surface area contributed by atoms with Gasteiger partial charge in [0.2, 0.25) is 0 Å². The van der Waals surface area contributed by atoms with E-state index >= 15 is 0 Å². The molecule has 3 nitrogen and oxygen atoms in total. The minimum Gasteiger partial charge on any atom is -0.289 e. The summed E-state index contributed by atoms with van der Waals surface area (Å²) in [6, 6.07) is 5.32. The SMILES string of the molecule is C=C(C(=O)c1ccc(F)cc1)c1cncnc1. The van der Waals surface area contributed by atoms with Gasteiger partial charge < -0.3 is 0 Å². The van der Waals surface area contributed by atoms with E-state index in [-0.39, 0.29) is 17.2 Å². The molecule has 0 saturated carbocycles. The number of nitrogens with zero attached hydrogens (tertiary/aromatic N) is 2. The van der Waals surface area contributed by atoms with Crippen LogP contribution >= 0.6 is 0 Å². The Bertz CT molecular complexity index is 549. The Morgan fingerprint density at radius 1 is 1.06 bits per heavy atom. The molecule has 2 aromatic rings. The molecule has 0 aliphatic rings. The molecule has 1 aromatic carbocycles. The predicted octanol–water partition coefficient (Wildman–Crippen LogP) is 2.51. The van der Waals surface area contributed by atoms with Crippen molar-refractivity contribution >= 4 is 11.4 Å². The highest BCUT2D eigenvalue weighted by Crippen LogP contribution is 2.16. The number of ketones is 1. The number of halogens is 1. The molecule has 0 atom stereocenters. The zero-order chi connectivity index (χ0) is 12.3. The summed E-state index contributed by atoms with van der Waals surface area (Å²) in [6.45, 7) is 3.70. The van der Waals surface area contributed by atoms with E-state index < -0.39 is 0 Å². The molecule has 0 amide bonds. The van der Waals surface area contributed by atoms with Crippen molar-refractivity contribution in [1.82, 2.24) is 9.97 Å². The molecular formula is C13H9FN2O. The molecule has 0 radical (unpaired) electrons. The molecule has 1 heterocycles. The number of benzene rings is 1. The number of carbonyl (C=O) groups is 1. The molecule has 84 valence electrons. The number of hydrogen-bond acceptors (Lipinski definition) is 3. The number of Topliss-reactive ketones (excluding diaryl/α,β-unsaturated/α-hetero) is 1. The number of aromatic nitrogens is 2. The Hall–Kier alpha value is -2.36. The molecule has 1 aromatic heterocycles. The van der Waals surface area contributed by atoms with E-state index in [2.05, 4.69) is 16.5 Å². The fourth-order valence-electron chi connectivity index (χ4n) is 1.36. The summed E-state index contributed by atoms with van der Waals surface area (Å²) in [7, 11) is 0. The van der Waals surface area contributed by atoms with Crippen molar-refractivity contribution in [3.63, 3.8) is 0 Å². The normalized spacial score (nSPS) is 9.94. The van der Waals surface area contributed by atoms with Gasteiger partial charge in [0.25, 0.3) is 0 Å². The highest BCUT2D eigenvalue weighted by atomic mass is 19.1. The summed E-state index contributed by atoms with van der Waals surface area (Å²) < 4.78 is 12.7. The third kappa shape index (κ3) is 2.42. The number of allylic oxidation sites excluding steroid dienone is 1. The molecule has 0 N–H and O–H groups in total. The third-order valence-corrected chi connectivity index (χ3v) is 2.29. The van der Waals surface area contributed by atoms with E-state index in [1.807, 2.05) is 0 Å². The van der Waals surface area contributed by atoms with E-state index in [1.54, 1.807) is 0 Å². The second-order valence-electron chi connectivity index (χ2n) is 3.44. The van der Waals surface area contributed by atoms with E-state index in [1.165, 1.54) is 43.0 Å². The molecule has 0 bridgehead atoms. The summed E-state index contributed by atoms with van der Waals surface area (Å²) in [5.74, 6) is -0.644. The van der Waals surface area contributed by atoms with Crippen LogP contribution in [-0.2, 0) is 0 Å². The van der Waals surface area contributed by atoms with E-state index in [0.29, 0.717) is 11.1 Å². The molecule has 4 heteroatoms. The maximum absolute atomic E-state index is 12.7. The highest BCUT2D eigenvalue weighted by molar-refractivity contribution is 6.28. The Morgan fingerprint density at radius 3 is 2.24 bits per heavy atom. The van der Waals surface area contributed by atoms with Gasteiger partial charge in [0.05, 0.1) is 0 Å². The average Bonchev–Trinajstić information content (AvgIpc) is 2.39. The molecule has 0 unspecified atom stereocenters. The second kappa shape index (κ2) is 4.65. The maximum atomic E-state index is 12.7. The van der Waals surface area contributed by atoms with E-state index in [9.17, 15) is 9.18 Å². The van der Waals surface area contributed by atoms with Gasteiger partial charge in [-0.05, 0) is 24.3 Å². The van der Waals surface area contributed by atoms with E-state index in [4.69, 9.17) is 0 Å². The van der Waals surface area contributed by atoms with Crippen molar-refractivity contribution in [3.8, 4) is 0 Å². The molecular weight excluding hydrogens is 219 g/mol. The summed E-state index contributed by atoms with van der Waals surface area (Å²) >= 11 is 0. The molecule has 17 heavy (non-hydrogen) atoms. The van der Waals surface area contributed by atoms with Gasteiger partial charge >= 0.3 is 0 Å². The van der Waals surface area contributed by atoms with Gasteiger partial charge in [-0.3, -0.25) is 4.79 Å². The fourth-order valence-corrected chi connectivity index (χ4v) is 1.36. The number of hydrogen-bond donors (Lipinski definition) is 0. The van der Waals surface area contributed by atoms with Crippen LogP contribution < -0.4 is 0 Å². The first kappa shape index (κ1) is 11.1. The standard InChI is InChI=1S/C13H9FN2O/c1-9(11-6-15-8-16-7-11)13(17)10-2-4-12(14)5-3-10/h2-8H,1H2. The van der Waals surface area contributed by atoms with E-state index in [0.717, 1.165) is 0 Å². The van der Waals surface area contributed by atoms with Gasteiger partial charge in [0.15, 0.2) is 5.78 Å². The first-order valence-electron chi connectivity index (χ1n) is 4.93. The Kier molecular flexibility index (Phi) is 3.05. The summed E-state index contributed by atoms with van der Waals surface area (Å²) in [4.78, 5) is 19.6. The lowest BCUT2D eigenvalue weighted by Crippen LogP contribution is -2.02. The van der Waals surface area contributed by atoms with Gasteiger partial charge in [-0.2, -0.15) is 0 Å². The van der Waals surface area contributed by atoms with Crippen LogP contribution in [0.25, 0.3) is 5.57 Å². The highest BCUT2D eigenvalue weighted by Gasteiger charge is 2.12. The van der Waals surface area contributed by atoms with Crippen LogP contribution in [0.3, 0.4) is 0 Å². The second-order valence-corrected chi connectivity index (χ2v) is 3.44. The van der Waals surface area contributed by atoms with Crippen molar-refractivity contribution in [2.24, 2.45) is 0 Å². The first-order valence-corrected chi connectivity index (χ1v) is 4.93. The van der Waals surface area contributed by atoms with Gasteiger partial charge in [0.1, 0.15) is 12.1 Å². The van der Waals surface area contributed by atoms with Crippen molar-refractivity contribution in [3.05, 3.63) is 66.5 Å². The lowest BCUT2D eigenvalue weighted by Gasteiger charge is -2.03. The summed E-state index contributed by atoms with van der Waals surface area (Å²) in [5.41, 5.74) is 1.24. The van der Waals surface area contributed by atoms with Crippen LogP contribution in [0, 0.1) is 5.82 Å². The van der Waals surface area contributed by atoms with Crippen LogP contribution in [-0.4, -0.2) is 15.8 Å². The number of rotatable bonds is 3. The molecule has 0 aliphatic carbocycles. The smallest absolute Gasteiger partial charge is 0.193 e. The predicted molar refractivity (Wildman–Crippen MR) is 61.8 cm³/mol. The summed E-state index contributed by atoms with van der Waals surface area (Å²) in [6.07, 6.45) is 4.40. The Morgan fingerprint density at radius 2 is 1.65 bits per heavy atom. The van der Waals surface area contributed by atoms with Gasteiger partial charge in [-0.15, -0.1) is 0 Å². The summed E-state index contributed by atoms with van der Waals surface area (Å²) in [5, 5.41) is 0. The van der Waals surface area contributed by atoms with Crippen molar-refractivity contribution in [1.29, 1.82) is 0 Å². The minimum atomic E-state index is -0.379. The monoisotopic (exact) mass is 228 g/mol. The van der Waals surface area contributed by atoms with Crippen molar-refractivity contribution in [2.75, 3.05) is 0 Å². The minimum absolute atomic E-state index is 0.264. The van der Waals surface area contributed by atoms with Crippen LogP contribution in [0.4, 0.5) is 4.39 Å². The first-order chi connectivity index (χ1) is 8.18. The Labute approximate surface area is 97.7 Å². The Balaban J connectivity index is 2.27. The quantitative estimate of drug-likeness (QED) is 0.598. The number of carbonyl (C=O) groups excluding carboxylic acids is 1.